The molecule has 496 valence electrons. The second-order valence-electron chi connectivity index (χ2n) is 24.6. The molecule has 6 N–H and O–H groups in total. The number of phenolic OH excluding ortho intramolecular Hbond substituents is 2. The molecule has 0 bridgehead atoms. The second-order valence-corrected chi connectivity index (χ2v) is 27.8. The van der Waals surface area contributed by atoms with Crippen molar-refractivity contribution in [1.29, 1.82) is 0 Å². The average Bonchev–Trinajstić information content (AvgIpc) is 1.71. The van der Waals surface area contributed by atoms with Crippen molar-refractivity contribution in [2.45, 2.75) is 100 Å². The molecule has 16 heteroatoms. The number of pyridine rings is 1. The molecule has 12 aromatic rings. The van der Waals surface area contributed by atoms with Gasteiger partial charge in [-0.25, -0.2) is 0 Å². The zero-order valence-corrected chi connectivity index (χ0v) is 59.2. The molecule has 0 saturated carbocycles. The molecule has 5 aromatic heterocycles. The molecule has 0 atom stereocenters. The highest BCUT2D eigenvalue weighted by atomic mass is 32.1. The van der Waals surface area contributed by atoms with E-state index in [2.05, 4.69) is 178 Å². The Morgan fingerprint density at radius 1 is 0.474 bits per heavy atom. The Labute approximate surface area is 581 Å². The monoisotopic (exact) mass is 1350 g/mol. The van der Waals surface area contributed by atoms with Crippen molar-refractivity contribution < 1.29 is 29.3 Å². The van der Waals surface area contributed by atoms with Gasteiger partial charge in [-0.2, -0.15) is 5.10 Å². The summed E-state index contributed by atoms with van der Waals surface area (Å²) in [6.07, 6.45) is 3.45. The first kappa shape index (κ1) is 70.9. The molecule has 0 saturated heterocycles. The quantitative estimate of drug-likeness (QED) is 0.0484. The number of carbonyl (C=O) groups is 3. The zero-order chi connectivity index (χ0) is 69.3. The maximum absolute atomic E-state index is 12.3. The summed E-state index contributed by atoms with van der Waals surface area (Å²) < 4.78 is 5.65. The molecule has 0 spiro atoms. The zero-order valence-electron chi connectivity index (χ0n) is 56.8. The van der Waals surface area contributed by atoms with Gasteiger partial charge in [-0.05, 0) is 236 Å². The Morgan fingerprint density at radius 2 is 1.01 bits per heavy atom. The predicted octanol–water partition coefficient (Wildman–Crippen LogP) is 21.7. The van der Waals surface area contributed by atoms with Crippen LogP contribution in [-0.4, -0.2) is 56.3 Å². The third kappa shape index (κ3) is 19.9. The molecule has 0 unspecified atom stereocenters. The van der Waals surface area contributed by atoms with E-state index in [1.807, 2.05) is 110 Å². The Hall–Kier alpha value is -10.4. The molecular formula is C81H83N7O6S3. The van der Waals surface area contributed by atoms with E-state index in [1.165, 1.54) is 77.2 Å². The predicted molar refractivity (Wildman–Crippen MR) is 404 cm³/mol. The Morgan fingerprint density at radius 3 is 1.57 bits per heavy atom. The number of thiophene rings is 3. The first-order chi connectivity index (χ1) is 46.5. The number of aromatic hydroxyl groups is 2. The van der Waals surface area contributed by atoms with E-state index in [0.717, 1.165) is 37.9 Å². The average molecular weight is 1350 g/mol. The smallest absolute Gasteiger partial charge is 0.273 e. The fraction of sp³-hybridized carbons (Fsp3) is 0.198. The van der Waals surface area contributed by atoms with E-state index in [4.69, 9.17) is 4.74 Å². The molecule has 3 amide bonds. The molecule has 12 rings (SSSR count). The second kappa shape index (κ2) is 33.3. The van der Waals surface area contributed by atoms with E-state index in [0.29, 0.717) is 50.3 Å². The van der Waals surface area contributed by atoms with Crippen LogP contribution in [-0.2, 0) is 0 Å². The van der Waals surface area contributed by atoms with Crippen LogP contribution in [0.1, 0.15) is 136 Å². The number of phenols is 2. The minimum absolute atomic E-state index is 0.126. The van der Waals surface area contributed by atoms with E-state index in [9.17, 15) is 24.6 Å². The molecule has 5 heterocycles. The number of H-pyrrole nitrogens is 1. The molecule has 7 aromatic carbocycles. The molecule has 0 fully saturated rings. The topological polar surface area (TPSA) is 182 Å². The molecule has 0 aliphatic carbocycles. The van der Waals surface area contributed by atoms with Crippen LogP contribution < -0.4 is 25.6 Å². The van der Waals surface area contributed by atoms with Gasteiger partial charge in [0.15, 0.2) is 0 Å². The number of rotatable bonds is 17. The van der Waals surface area contributed by atoms with Crippen molar-refractivity contribution in [3.8, 4) is 59.8 Å². The Kier molecular flexibility index (Phi) is 24.4. The number of nitrogens with zero attached hydrogens (tertiary/aromatic N) is 3. The Balaban J connectivity index is 0.000000152. The number of aromatic nitrogens is 3. The largest absolute Gasteiger partial charge is 0.508 e. The first-order valence-electron chi connectivity index (χ1n) is 32.2. The van der Waals surface area contributed by atoms with Gasteiger partial charge >= 0.3 is 0 Å². The van der Waals surface area contributed by atoms with Crippen molar-refractivity contribution in [1.82, 2.24) is 15.2 Å². The highest BCUT2D eigenvalue weighted by Crippen LogP contribution is 2.40. The number of ether oxygens (including phenoxy) is 1. The molecular weight excluding hydrogens is 1260 g/mol. The standard InChI is InChI=1S/C24H29NS.C19H19N3O2.C19H18N2O2S.C19H17NO2S/c1-16(2)19-7-9-21(10-8-19)24-18(5)15-23(26-24)25(6)22-13-11-20(12-14-22)17(3)4;1-12(2)13-6-8-15(9-7-13)20-19(24)18-11-17(21-22-18)14-4-3-5-16(23)10-14;1-13(2)23-16-7-5-14(6-8-16)17-9-10-18(24-17)19(22)21-15-4-3-11-20-12-15;1-12-3-4-14(11-13(12)2)17-9-10-18(23-17)19(22)20-15-5-7-16(21)8-6-15/h7-17H,1-6H3;3-12,23H,1-2H3,(H,20,24)(H,21,22);3-13H,1-2H3,(H,21,22);3-11,21H,1-2H3,(H,20,22). The summed E-state index contributed by atoms with van der Waals surface area (Å²) in [5, 5.41) is 35.5. The molecule has 13 nitrogen and oxygen atoms in total. The molecule has 0 aliphatic heterocycles. The van der Waals surface area contributed by atoms with Crippen molar-refractivity contribution >= 4 is 79.5 Å². The fourth-order valence-electron chi connectivity index (χ4n) is 10.0. The van der Waals surface area contributed by atoms with Gasteiger partial charge in [0.1, 0.15) is 22.9 Å². The fourth-order valence-corrected chi connectivity index (χ4v) is 13.0. The summed E-state index contributed by atoms with van der Waals surface area (Å²) in [5.41, 5.74) is 16.4. The van der Waals surface area contributed by atoms with Crippen molar-refractivity contribution in [3.05, 3.63) is 274 Å². The van der Waals surface area contributed by atoms with Crippen LogP contribution in [0.25, 0.3) is 42.6 Å². The van der Waals surface area contributed by atoms with E-state index < -0.39 is 0 Å². The number of benzene rings is 7. The lowest BCUT2D eigenvalue weighted by Gasteiger charge is -2.18. The lowest BCUT2D eigenvalue weighted by molar-refractivity contribution is 0.101. The van der Waals surface area contributed by atoms with Crippen LogP contribution in [0.15, 0.2) is 225 Å². The number of anilines is 5. The van der Waals surface area contributed by atoms with Crippen LogP contribution in [0.3, 0.4) is 0 Å². The number of aromatic amines is 1. The molecule has 0 radical (unpaired) electrons. The highest BCUT2D eigenvalue weighted by Gasteiger charge is 2.17. The van der Waals surface area contributed by atoms with Crippen LogP contribution in [0.5, 0.6) is 17.2 Å². The number of hydrogen-bond acceptors (Lipinski definition) is 12. The SMILES string of the molecule is CC(C)Oc1ccc(-c2ccc(C(=O)Nc3cccnc3)s2)cc1.CC(C)c1ccc(NC(=O)c2cc(-c3cccc(O)c3)n[nH]2)cc1.Cc1cc(N(C)c2ccc(C(C)C)cc2)sc1-c1ccc(C(C)C)cc1.Cc1ccc(-c2ccc(C(=O)Nc3ccc(O)cc3)s2)cc1C. The molecule has 97 heavy (non-hydrogen) atoms. The summed E-state index contributed by atoms with van der Waals surface area (Å²) in [7, 11) is 2.15. The summed E-state index contributed by atoms with van der Waals surface area (Å²) >= 11 is 4.80. The van der Waals surface area contributed by atoms with Gasteiger partial charge in [0.25, 0.3) is 17.7 Å². The van der Waals surface area contributed by atoms with E-state index in [1.54, 1.807) is 67.0 Å². The van der Waals surface area contributed by atoms with Gasteiger partial charge in [0, 0.05) is 50.5 Å². The summed E-state index contributed by atoms with van der Waals surface area (Å²) in [5.74, 6) is 2.25. The third-order valence-electron chi connectivity index (χ3n) is 15.8. The Bertz CT molecular complexity index is 4530. The third-order valence-corrected chi connectivity index (χ3v) is 19.5. The van der Waals surface area contributed by atoms with E-state index >= 15 is 0 Å². The van der Waals surface area contributed by atoms with Crippen LogP contribution >= 0.6 is 34.0 Å². The van der Waals surface area contributed by atoms with Gasteiger partial charge in [0.05, 0.1) is 38.4 Å². The number of aryl methyl sites for hydroxylation is 3. The van der Waals surface area contributed by atoms with Gasteiger partial charge in [-0.1, -0.05) is 120 Å². The minimum Gasteiger partial charge on any atom is -0.508 e. The van der Waals surface area contributed by atoms with Gasteiger partial charge in [-0.15, -0.1) is 34.0 Å². The number of nitrogens with one attached hydrogen (secondary N) is 4. The summed E-state index contributed by atoms with van der Waals surface area (Å²) in [6.45, 7) is 23.6. The number of amides is 3. The number of carbonyl (C=O) groups excluding carboxylic acids is 3. The molecule has 0 aliphatic rings. The lowest BCUT2D eigenvalue weighted by atomic mass is 10.0. The summed E-state index contributed by atoms with van der Waals surface area (Å²) in [4.78, 5) is 48.0. The normalized spacial score (nSPS) is 10.8. The van der Waals surface area contributed by atoms with E-state index in [-0.39, 0.29) is 35.3 Å². The van der Waals surface area contributed by atoms with Crippen LogP contribution in [0.4, 0.5) is 27.8 Å². The van der Waals surface area contributed by atoms with Crippen molar-refractivity contribution in [3.63, 3.8) is 0 Å². The maximum atomic E-state index is 12.3. The number of hydrogen-bond donors (Lipinski definition) is 6. The van der Waals surface area contributed by atoms with Crippen LogP contribution in [0, 0.1) is 20.8 Å². The lowest BCUT2D eigenvalue weighted by Crippen LogP contribution is -2.12. The van der Waals surface area contributed by atoms with Gasteiger partial charge in [0.2, 0.25) is 0 Å². The highest BCUT2D eigenvalue weighted by molar-refractivity contribution is 7.19. The maximum Gasteiger partial charge on any atom is 0.273 e. The van der Waals surface area contributed by atoms with Gasteiger partial charge < -0.3 is 35.8 Å². The van der Waals surface area contributed by atoms with Gasteiger partial charge in [-0.3, -0.25) is 24.5 Å². The summed E-state index contributed by atoms with van der Waals surface area (Å²) in [6, 6.07) is 68.3. The van der Waals surface area contributed by atoms with Crippen LogP contribution in [0.2, 0.25) is 0 Å². The van der Waals surface area contributed by atoms with Crippen molar-refractivity contribution in [2.75, 3.05) is 27.9 Å². The first-order valence-corrected chi connectivity index (χ1v) is 34.7. The van der Waals surface area contributed by atoms with Crippen molar-refractivity contribution in [2.24, 2.45) is 0 Å². The minimum atomic E-state index is -0.258.